The van der Waals surface area contributed by atoms with Gasteiger partial charge in [0.25, 0.3) is 0 Å². The highest BCUT2D eigenvalue weighted by atomic mass is 16.3. The Morgan fingerprint density at radius 2 is 2.18 bits per heavy atom. The summed E-state index contributed by atoms with van der Waals surface area (Å²) in [6.45, 7) is 3.51. The van der Waals surface area contributed by atoms with Crippen LogP contribution in [0.25, 0.3) is 11.5 Å². The van der Waals surface area contributed by atoms with E-state index in [-0.39, 0.29) is 0 Å². The van der Waals surface area contributed by atoms with Crippen molar-refractivity contribution in [1.82, 2.24) is 14.8 Å². The first-order chi connectivity index (χ1) is 13.4. The summed E-state index contributed by atoms with van der Waals surface area (Å²) in [6.07, 6.45) is 6.07. The molecule has 1 aliphatic heterocycles. The zero-order valence-corrected chi connectivity index (χ0v) is 16.8. The number of hydrogen-bond acceptors (Lipinski definition) is 5. The average Bonchev–Trinajstić information content (AvgIpc) is 3.13. The molecule has 1 unspecified atom stereocenters. The van der Waals surface area contributed by atoms with E-state index in [1.165, 1.54) is 17.7 Å². The van der Waals surface area contributed by atoms with Crippen molar-refractivity contribution in [3.63, 3.8) is 0 Å². The van der Waals surface area contributed by atoms with Crippen LogP contribution < -0.4 is 5.32 Å². The van der Waals surface area contributed by atoms with E-state index >= 15 is 0 Å². The van der Waals surface area contributed by atoms with Crippen molar-refractivity contribution >= 4 is 17.5 Å². The minimum absolute atomic E-state index is 0.480. The predicted molar refractivity (Wildman–Crippen MR) is 108 cm³/mol. The van der Waals surface area contributed by atoms with Crippen LogP contribution >= 0.6 is 0 Å². The number of likely N-dealkylation sites (N-methyl/N-ethyl adjacent to an activating group) is 1. The number of piperidine rings is 1. The quantitative estimate of drug-likeness (QED) is 0.802. The molecule has 0 bridgehead atoms. The van der Waals surface area contributed by atoms with Crippen molar-refractivity contribution in [2.75, 3.05) is 32.5 Å². The van der Waals surface area contributed by atoms with Crippen molar-refractivity contribution < 1.29 is 14.0 Å². The molecule has 1 aromatic heterocycles. The monoisotopic (exact) mass is 384 g/mol. The summed E-state index contributed by atoms with van der Waals surface area (Å²) < 4.78 is 5.39. The minimum atomic E-state index is -0.639. The molecule has 0 saturated carbocycles. The molecule has 1 atom stereocenters. The zero-order chi connectivity index (χ0) is 20.1. The Kier molecular flexibility index (Phi) is 6.46. The fraction of sp³-hybridized carbons (Fsp3) is 0.476. The molecule has 0 spiro atoms. The summed E-state index contributed by atoms with van der Waals surface area (Å²) in [5.41, 5.74) is 2.06. The molecule has 150 valence electrons. The molecular weight excluding hydrogens is 356 g/mol. The number of carbonyl (C=O) groups is 2. The number of benzene rings is 1. The molecule has 0 aliphatic carbocycles. The third kappa shape index (κ3) is 4.98. The van der Waals surface area contributed by atoms with Crippen molar-refractivity contribution in [3.8, 4) is 11.5 Å². The summed E-state index contributed by atoms with van der Waals surface area (Å²) in [5.74, 6) is -0.690. The van der Waals surface area contributed by atoms with Crippen LogP contribution in [0.15, 0.2) is 34.9 Å². The number of amides is 2. The Morgan fingerprint density at radius 1 is 1.36 bits per heavy atom. The second-order valence-corrected chi connectivity index (χ2v) is 7.47. The molecular formula is C21H28N4O3. The zero-order valence-electron chi connectivity index (χ0n) is 16.8. The third-order valence-electron chi connectivity index (χ3n) is 5.25. The van der Waals surface area contributed by atoms with Gasteiger partial charge in [0.15, 0.2) is 0 Å². The molecule has 1 saturated heterocycles. The molecule has 7 nitrogen and oxygen atoms in total. The minimum Gasteiger partial charge on any atom is -0.444 e. The van der Waals surface area contributed by atoms with Gasteiger partial charge in [0.05, 0.1) is 5.69 Å². The van der Waals surface area contributed by atoms with E-state index in [9.17, 15) is 9.59 Å². The summed E-state index contributed by atoms with van der Waals surface area (Å²) in [6, 6.07) is 7.59. The Balaban J connectivity index is 1.55. The van der Waals surface area contributed by atoms with Crippen LogP contribution in [0.2, 0.25) is 0 Å². The van der Waals surface area contributed by atoms with Crippen LogP contribution in [-0.4, -0.2) is 59.8 Å². The summed E-state index contributed by atoms with van der Waals surface area (Å²) in [7, 11) is 3.80. The number of hydrogen-bond donors (Lipinski definition) is 1. The van der Waals surface area contributed by atoms with E-state index in [1.807, 2.05) is 13.0 Å². The van der Waals surface area contributed by atoms with Crippen LogP contribution in [0.1, 0.15) is 31.4 Å². The van der Waals surface area contributed by atoms with Crippen molar-refractivity contribution in [2.24, 2.45) is 0 Å². The molecule has 3 rings (SSSR count). The second-order valence-electron chi connectivity index (χ2n) is 7.47. The number of oxazole rings is 1. The summed E-state index contributed by atoms with van der Waals surface area (Å²) in [5, 5.41) is 2.68. The number of nitrogens with one attached hydrogen (secondary N) is 1. The molecule has 28 heavy (non-hydrogen) atoms. The van der Waals surface area contributed by atoms with Gasteiger partial charge in [-0.2, -0.15) is 0 Å². The SMILES string of the molecule is Cc1coc(-c2cccc(NC(=O)C(=O)N(C)CCC3CCCCN3C)c2)n1. The number of nitrogens with zero attached hydrogens (tertiary/aromatic N) is 3. The lowest BCUT2D eigenvalue weighted by molar-refractivity contribution is -0.142. The molecule has 0 radical (unpaired) electrons. The van der Waals surface area contributed by atoms with Gasteiger partial charge >= 0.3 is 11.8 Å². The van der Waals surface area contributed by atoms with Gasteiger partial charge in [0.1, 0.15) is 6.26 Å². The maximum absolute atomic E-state index is 12.4. The van der Waals surface area contributed by atoms with Crippen LogP contribution in [-0.2, 0) is 9.59 Å². The Morgan fingerprint density at radius 3 is 2.89 bits per heavy atom. The van der Waals surface area contributed by atoms with Crippen LogP contribution in [0.4, 0.5) is 5.69 Å². The lowest BCUT2D eigenvalue weighted by Gasteiger charge is -2.33. The van der Waals surface area contributed by atoms with Gasteiger partial charge in [-0.05, 0) is 58.0 Å². The first-order valence-electron chi connectivity index (χ1n) is 9.73. The van der Waals surface area contributed by atoms with Gasteiger partial charge in [-0.1, -0.05) is 12.5 Å². The number of anilines is 1. The fourth-order valence-corrected chi connectivity index (χ4v) is 3.53. The standard InChI is InChI=1S/C21H28N4O3/c1-15-14-28-20(22-15)16-7-6-8-17(13-16)23-19(26)21(27)25(3)12-10-18-9-4-5-11-24(18)2/h6-8,13-14,18H,4-5,9-12H2,1-3H3,(H,23,26). The fourth-order valence-electron chi connectivity index (χ4n) is 3.53. The topological polar surface area (TPSA) is 78.7 Å². The van der Waals surface area contributed by atoms with Gasteiger partial charge < -0.3 is 19.5 Å². The Labute approximate surface area is 165 Å². The van der Waals surface area contributed by atoms with Crippen molar-refractivity contribution in [3.05, 3.63) is 36.2 Å². The maximum Gasteiger partial charge on any atom is 0.313 e. The third-order valence-corrected chi connectivity index (χ3v) is 5.25. The first kappa shape index (κ1) is 20.1. The van der Waals surface area contributed by atoms with E-state index in [0.29, 0.717) is 24.2 Å². The lowest BCUT2D eigenvalue weighted by Crippen LogP contribution is -2.42. The first-order valence-corrected chi connectivity index (χ1v) is 9.73. The van der Waals surface area contributed by atoms with Gasteiger partial charge in [0.2, 0.25) is 5.89 Å². The van der Waals surface area contributed by atoms with E-state index < -0.39 is 11.8 Å². The van der Waals surface area contributed by atoms with Crippen LogP contribution in [0, 0.1) is 6.92 Å². The predicted octanol–water partition coefficient (Wildman–Crippen LogP) is 2.92. The van der Waals surface area contributed by atoms with Crippen molar-refractivity contribution in [2.45, 2.75) is 38.6 Å². The summed E-state index contributed by atoms with van der Waals surface area (Å²) >= 11 is 0. The lowest BCUT2D eigenvalue weighted by atomic mass is 10.00. The van der Waals surface area contributed by atoms with Crippen LogP contribution in [0.5, 0.6) is 0 Å². The molecule has 1 fully saturated rings. The normalized spacial score (nSPS) is 17.3. The second kappa shape index (κ2) is 9.01. The van der Waals surface area contributed by atoms with Gasteiger partial charge in [-0.3, -0.25) is 9.59 Å². The van der Waals surface area contributed by atoms with Gasteiger partial charge in [-0.25, -0.2) is 4.98 Å². The van der Waals surface area contributed by atoms with E-state index in [1.54, 1.807) is 31.5 Å². The van der Waals surface area contributed by atoms with E-state index in [4.69, 9.17) is 4.42 Å². The van der Waals surface area contributed by atoms with Crippen molar-refractivity contribution in [1.29, 1.82) is 0 Å². The largest absolute Gasteiger partial charge is 0.444 e. The van der Waals surface area contributed by atoms with Gasteiger partial charge in [-0.15, -0.1) is 0 Å². The number of rotatable bonds is 5. The number of aromatic nitrogens is 1. The van der Waals surface area contributed by atoms with Gasteiger partial charge in [0, 0.05) is 30.9 Å². The molecule has 1 aliphatic rings. The Bertz CT molecular complexity index is 833. The molecule has 1 aromatic carbocycles. The average molecular weight is 384 g/mol. The maximum atomic E-state index is 12.4. The number of likely N-dealkylation sites (tertiary alicyclic amines) is 1. The molecule has 2 heterocycles. The van der Waals surface area contributed by atoms with Crippen LogP contribution in [0.3, 0.4) is 0 Å². The highest BCUT2D eigenvalue weighted by Crippen LogP contribution is 2.22. The van der Waals surface area contributed by atoms with E-state index in [2.05, 4.69) is 22.2 Å². The molecule has 2 amide bonds. The van der Waals surface area contributed by atoms with E-state index in [0.717, 1.165) is 30.6 Å². The molecule has 7 heteroatoms. The molecule has 2 aromatic rings. The highest BCUT2D eigenvalue weighted by molar-refractivity contribution is 6.39. The Hall–Kier alpha value is -2.67. The number of aryl methyl sites for hydroxylation is 1. The summed E-state index contributed by atoms with van der Waals surface area (Å²) in [4.78, 5) is 32.9. The smallest absolute Gasteiger partial charge is 0.313 e. The number of carbonyl (C=O) groups excluding carboxylic acids is 2. The molecule has 1 N–H and O–H groups in total. The highest BCUT2D eigenvalue weighted by Gasteiger charge is 2.23.